The van der Waals surface area contributed by atoms with Crippen molar-refractivity contribution < 1.29 is 4.79 Å². The van der Waals surface area contributed by atoms with Crippen LogP contribution >= 0.6 is 0 Å². The second kappa shape index (κ2) is 4.33. The molecule has 1 saturated heterocycles. The molecule has 3 unspecified atom stereocenters. The third-order valence-electron chi connectivity index (χ3n) is 6.13. The predicted octanol–water partition coefficient (Wildman–Crippen LogP) is 2.09. The van der Waals surface area contributed by atoms with Crippen LogP contribution in [-0.2, 0) is 16.6 Å². The summed E-state index contributed by atoms with van der Waals surface area (Å²) in [5.74, 6) is 0.602. The number of benzene rings is 1. The molecule has 1 heterocycles. The van der Waals surface area contributed by atoms with Crippen molar-refractivity contribution in [2.45, 2.75) is 38.0 Å². The number of nitrogens with two attached hydrogens (primary N) is 1. The van der Waals surface area contributed by atoms with E-state index in [1.165, 1.54) is 11.1 Å². The average Bonchev–Trinajstić information content (AvgIpc) is 2.92. The fourth-order valence-corrected chi connectivity index (χ4v) is 4.52. The molecule has 0 aromatic heterocycles. The van der Waals surface area contributed by atoms with E-state index in [0.29, 0.717) is 12.5 Å². The zero-order chi connectivity index (χ0) is 14.7. The normalized spacial score (nSPS) is 37.0. The number of hydrogen-bond acceptors (Lipinski definition) is 2. The maximum atomic E-state index is 12.9. The van der Waals surface area contributed by atoms with Crippen molar-refractivity contribution in [3.63, 3.8) is 0 Å². The molecule has 1 aromatic rings. The molecule has 0 bridgehead atoms. The van der Waals surface area contributed by atoms with Crippen LogP contribution in [0.15, 0.2) is 24.3 Å². The summed E-state index contributed by atoms with van der Waals surface area (Å²) < 4.78 is 0. The fraction of sp³-hybridized carbons (Fsp3) is 0.611. The van der Waals surface area contributed by atoms with Crippen LogP contribution in [0, 0.1) is 11.3 Å². The van der Waals surface area contributed by atoms with Gasteiger partial charge in [0.05, 0.1) is 0 Å². The average molecular weight is 284 g/mol. The standard InChI is InChI=1S/C18H24N2O/c1-17(11-19)8-9-20(12-17)16(21)15-10-18(15)7-6-13-4-2-3-5-14(13)18/h2-5,15H,6-12,19H2,1H3. The Kier molecular flexibility index (Phi) is 2.74. The molecule has 4 rings (SSSR count). The highest BCUT2D eigenvalue weighted by atomic mass is 16.2. The molecule has 3 atom stereocenters. The first-order valence-corrected chi connectivity index (χ1v) is 8.15. The molecule has 1 aromatic carbocycles. The van der Waals surface area contributed by atoms with E-state index < -0.39 is 0 Å². The van der Waals surface area contributed by atoms with E-state index in [-0.39, 0.29) is 16.7 Å². The molecule has 3 aliphatic rings. The van der Waals surface area contributed by atoms with Gasteiger partial charge in [0.2, 0.25) is 5.91 Å². The number of rotatable bonds is 2. The minimum absolute atomic E-state index is 0.130. The van der Waals surface area contributed by atoms with Crippen LogP contribution in [0.3, 0.4) is 0 Å². The molecule has 112 valence electrons. The van der Waals surface area contributed by atoms with Crippen LogP contribution in [0.2, 0.25) is 0 Å². The molecule has 1 spiro atoms. The summed E-state index contributed by atoms with van der Waals surface area (Å²) in [6.45, 7) is 4.61. The summed E-state index contributed by atoms with van der Waals surface area (Å²) >= 11 is 0. The topological polar surface area (TPSA) is 46.3 Å². The highest BCUT2D eigenvalue weighted by molar-refractivity contribution is 5.85. The molecule has 2 aliphatic carbocycles. The van der Waals surface area contributed by atoms with Gasteiger partial charge in [0, 0.05) is 24.4 Å². The van der Waals surface area contributed by atoms with Gasteiger partial charge in [0.15, 0.2) is 0 Å². The summed E-state index contributed by atoms with van der Waals surface area (Å²) in [4.78, 5) is 14.9. The van der Waals surface area contributed by atoms with Crippen molar-refractivity contribution in [3.05, 3.63) is 35.4 Å². The van der Waals surface area contributed by atoms with E-state index in [4.69, 9.17) is 5.73 Å². The monoisotopic (exact) mass is 284 g/mol. The molecule has 1 saturated carbocycles. The Morgan fingerprint density at radius 1 is 1.38 bits per heavy atom. The smallest absolute Gasteiger partial charge is 0.226 e. The lowest BCUT2D eigenvalue weighted by molar-refractivity contribution is -0.132. The van der Waals surface area contributed by atoms with Crippen molar-refractivity contribution in [3.8, 4) is 0 Å². The first kappa shape index (κ1) is 13.3. The van der Waals surface area contributed by atoms with Gasteiger partial charge in [-0.15, -0.1) is 0 Å². The predicted molar refractivity (Wildman–Crippen MR) is 82.9 cm³/mol. The Labute approximate surface area is 126 Å². The molecule has 1 amide bonds. The maximum Gasteiger partial charge on any atom is 0.226 e. The van der Waals surface area contributed by atoms with Gasteiger partial charge in [-0.3, -0.25) is 4.79 Å². The van der Waals surface area contributed by atoms with E-state index >= 15 is 0 Å². The molecular formula is C18H24N2O. The molecule has 21 heavy (non-hydrogen) atoms. The lowest BCUT2D eigenvalue weighted by atomic mass is 9.90. The molecule has 1 aliphatic heterocycles. The van der Waals surface area contributed by atoms with Gasteiger partial charge < -0.3 is 10.6 Å². The lowest BCUT2D eigenvalue weighted by Crippen LogP contribution is -2.36. The largest absolute Gasteiger partial charge is 0.342 e. The zero-order valence-electron chi connectivity index (χ0n) is 12.8. The molecule has 2 fully saturated rings. The van der Waals surface area contributed by atoms with Crippen molar-refractivity contribution in [2.75, 3.05) is 19.6 Å². The minimum Gasteiger partial charge on any atom is -0.342 e. The van der Waals surface area contributed by atoms with Gasteiger partial charge in [-0.1, -0.05) is 31.2 Å². The number of fused-ring (bicyclic) bond motifs is 2. The molecule has 2 N–H and O–H groups in total. The zero-order valence-corrected chi connectivity index (χ0v) is 12.8. The second-order valence-electron chi connectivity index (χ2n) is 7.59. The van der Waals surface area contributed by atoms with Gasteiger partial charge in [-0.2, -0.15) is 0 Å². The van der Waals surface area contributed by atoms with Crippen molar-refractivity contribution in [2.24, 2.45) is 17.1 Å². The van der Waals surface area contributed by atoms with Crippen LogP contribution in [-0.4, -0.2) is 30.4 Å². The Hall–Kier alpha value is -1.35. The van der Waals surface area contributed by atoms with Gasteiger partial charge in [-0.05, 0) is 48.8 Å². The van der Waals surface area contributed by atoms with Crippen molar-refractivity contribution in [1.82, 2.24) is 4.90 Å². The fourth-order valence-electron chi connectivity index (χ4n) is 4.52. The van der Waals surface area contributed by atoms with Gasteiger partial charge in [0.1, 0.15) is 0 Å². The number of nitrogens with zero attached hydrogens (tertiary/aromatic N) is 1. The molecular weight excluding hydrogens is 260 g/mol. The molecule has 3 nitrogen and oxygen atoms in total. The number of amides is 1. The van der Waals surface area contributed by atoms with Crippen LogP contribution in [0.5, 0.6) is 0 Å². The number of aryl methyl sites for hydroxylation is 1. The Morgan fingerprint density at radius 3 is 2.95 bits per heavy atom. The Morgan fingerprint density at radius 2 is 2.19 bits per heavy atom. The number of carbonyl (C=O) groups is 1. The van der Waals surface area contributed by atoms with E-state index in [1.807, 2.05) is 0 Å². The number of likely N-dealkylation sites (tertiary alicyclic amines) is 1. The SMILES string of the molecule is CC1(CN)CCN(C(=O)C2CC23CCc2ccccc23)C1. The summed E-state index contributed by atoms with van der Waals surface area (Å²) in [5, 5.41) is 0. The van der Waals surface area contributed by atoms with Crippen molar-refractivity contribution >= 4 is 5.91 Å². The van der Waals surface area contributed by atoms with E-state index in [9.17, 15) is 4.79 Å². The van der Waals surface area contributed by atoms with E-state index in [2.05, 4.69) is 36.1 Å². The molecule has 3 heteroatoms. The maximum absolute atomic E-state index is 12.9. The van der Waals surface area contributed by atoms with Crippen molar-refractivity contribution in [1.29, 1.82) is 0 Å². The summed E-state index contributed by atoms with van der Waals surface area (Å²) in [7, 11) is 0. The highest BCUT2D eigenvalue weighted by Gasteiger charge is 2.62. The Balaban J connectivity index is 1.52. The van der Waals surface area contributed by atoms with Crippen LogP contribution in [0.4, 0.5) is 0 Å². The summed E-state index contributed by atoms with van der Waals surface area (Å²) in [5.41, 5.74) is 9.08. The second-order valence-corrected chi connectivity index (χ2v) is 7.59. The number of carbonyl (C=O) groups excluding carboxylic acids is 1. The van der Waals surface area contributed by atoms with Crippen LogP contribution in [0.25, 0.3) is 0 Å². The third kappa shape index (κ3) is 1.87. The van der Waals surface area contributed by atoms with Gasteiger partial charge >= 0.3 is 0 Å². The Bertz CT molecular complexity index is 599. The molecule has 0 radical (unpaired) electrons. The highest BCUT2D eigenvalue weighted by Crippen LogP contribution is 2.62. The van der Waals surface area contributed by atoms with Crippen LogP contribution in [0.1, 0.15) is 37.3 Å². The van der Waals surface area contributed by atoms with E-state index in [1.54, 1.807) is 0 Å². The first-order valence-electron chi connectivity index (χ1n) is 8.15. The lowest BCUT2D eigenvalue weighted by Gasteiger charge is -2.23. The van der Waals surface area contributed by atoms with Gasteiger partial charge in [0.25, 0.3) is 0 Å². The quantitative estimate of drug-likeness (QED) is 0.904. The van der Waals surface area contributed by atoms with Crippen LogP contribution < -0.4 is 5.73 Å². The first-order chi connectivity index (χ1) is 10.1. The van der Waals surface area contributed by atoms with Gasteiger partial charge in [-0.25, -0.2) is 0 Å². The third-order valence-corrected chi connectivity index (χ3v) is 6.13. The minimum atomic E-state index is 0.130. The summed E-state index contributed by atoms with van der Waals surface area (Å²) in [6.07, 6.45) is 4.40. The summed E-state index contributed by atoms with van der Waals surface area (Å²) in [6, 6.07) is 8.70. The van der Waals surface area contributed by atoms with E-state index in [0.717, 1.165) is 38.8 Å². The number of hydrogen-bond donors (Lipinski definition) is 1.